The maximum atomic E-state index is 12.5. The predicted octanol–water partition coefficient (Wildman–Crippen LogP) is -0.578. The topological polar surface area (TPSA) is 107 Å². The highest BCUT2D eigenvalue weighted by atomic mass is 16.1. The minimum Gasteiger partial charge on any atom is -0.360 e. The minimum absolute atomic E-state index is 0.0495. The van der Waals surface area contributed by atoms with E-state index in [2.05, 4.69) is 9.58 Å². The van der Waals surface area contributed by atoms with Gasteiger partial charge in [0.05, 0.1) is 0 Å². The van der Waals surface area contributed by atoms with Crippen LogP contribution in [-0.4, -0.2) is 9.58 Å². The van der Waals surface area contributed by atoms with Gasteiger partial charge in [-0.15, -0.1) is 0 Å². The van der Waals surface area contributed by atoms with Crippen molar-refractivity contribution in [3.63, 3.8) is 0 Å². The molecule has 0 heterocycles. The number of hydrogen-bond donors (Lipinski definition) is 0. The van der Waals surface area contributed by atoms with Gasteiger partial charge in [-0.25, -0.2) is 0 Å². The molecule has 0 saturated heterocycles. The molecule has 3 rings (SSSR count). The van der Waals surface area contributed by atoms with E-state index in [1.54, 1.807) is 18.2 Å². The van der Waals surface area contributed by atoms with Gasteiger partial charge in [0.1, 0.15) is 5.22 Å². The fourth-order valence-corrected chi connectivity index (χ4v) is 2.34. The Morgan fingerprint density at radius 2 is 1.45 bits per heavy atom. The molecule has 0 aliphatic heterocycles. The molecule has 20 heavy (non-hydrogen) atoms. The highest BCUT2D eigenvalue weighted by Crippen LogP contribution is 2.04. The molecule has 0 bridgehead atoms. The highest BCUT2D eigenvalue weighted by Gasteiger charge is 2.15. The molecule has 6 nitrogen and oxygen atoms in total. The lowest BCUT2D eigenvalue weighted by molar-refractivity contribution is -0.110. The van der Waals surface area contributed by atoms with E-state index in [9.17, 15) is 9.59 Å². The lowest BCUT2D eigenvalue weighted by atomic mass is 10.0. The average Bonchev–Trinajstić information content (AvgIpc) is 2.51. The summed E-state index contributed by atoms with van der Waals surface area (Å²) in [6.45, 7) is 0. The molecule has 0 fully saturated rings. The second-order valence-corrected chi connectivity index (χ2v) is 4.26. The second kappa shape index (κ2) is 4.17. The van der Waals surface area contributed by atoms with Crippen LogP contribution >= 0.6 is 0 Å². The zero-order valence-electron chi connectivity index (χ0n) is 10.1. The molecular weight excluding hydrogens is 256 g/mol. The Morgan fingerprint density at radius 3 is 2.05 bits per heavy atom. The van der Waals surface area contributed by atoms with Gasteiger partial charge in [-0.2, -0.15) is 9.58 Å². The summed E-state index contributed by atoms with van der Waals surface area (Å²) in [7, 11) is 0. The zero-order valence-corrected chi connectivity index (χ0v) is 10.1. The third-order valence-corrected chi connectivity index (χ3v) is 3.25. The number of hydrogen-bond acceptors (Lipinski definition) is 2. The van der Waals surface area contributed by atoms with Crippen molar-refractivity contribution in [2.24, 2.45) is 0 Å². The van der Waals surface area contributed by atoms with E-state index in [-0.39, 0.29) is 32.0 Å². The van der Waals surface area contributed by atoms with Crippen molar-refractivity contribution in [2.45, 2.75) is 0 Å². The van der Waals surface area contributed by atoms with E-state index in [4.69, 9.17) is 11.1 Å². The van der Waals surface area contributed by atoms with Crippen molar-refractivity contribution in [1.29, 1.82) is 0 Å². The van der Waals surface area contributed by atoms with Gasteiger partial charge in [0.15, 0.2) is 5.43 Å². The van der Waals surface area contributed by atoms with Crippen LogP contribution < -0.4 is 21.6 Å². The van der Waals surface area contributed by atoms with Crippen molar-refractivity contribution < 1.29 is 9.58 Å². The molecule has 6 heteroatoms. The van der Waals surface area contributed by atoms with Crippen molar-refractivity contribution in [2.75, 3.05) is 0 Å². The van der Waals surface area contributed by atoms with Gasteiger partial charge in [0.2, 0.25) is 5.43 Å². The Labute approximate surface area is 110 Å². The molecule has 0 spiro atoms. The van der Waals surface area contributed by atoms with Gasteiger partial charge in [0, 0.05) is 22.1 Å². The first-order valence-electron chi connectivity index (χ1n) is 5.74. The molecule has 94 valence electrons. The normalized spacial score (nSPS) is 10.4. The molecule has 1 aromatic rings. The van der Waals surface area contributed by atoms with Crippen LogP contribution in [0.2, 0.25) is 0 Å². The molecular formula is C14H6N4O2. The third kappa shape index (κ3) is 1.40. The Morgan fingerprint density at radius 1 is 0.800 bits per heavy atom. The molecule has 1 aromatic carbocycles. The van der Waals surface area contributed by atoms with Crippen molar-refractivity contribution >= 4 is 10.8 Å². The molecule has 0 unspecified atom stereocenters. The maximum Gasteiger partial charge on any atom is 0.414 e. The fraction of sp³-hybridized carbons (Fsp3) is 0. The van der Waals surface area contributed by atoms with Crippen molar-refractivity contribution in [3.05, 3.63) is 89.1 Å². The number of rotatable bonds is 0. The summed E-state index contributed by atoms with van der Waals surface area (Å²) in [6.07, 6.45) is 0. The van der Waals surface area contributed by atoms with Gasteiger partial charge in [0.25, 0.3) is 0 Å². The molecule has 0 amide bonds. The van der Waals surface area contributed by atoms with Crippen LogP contribution in [0.4, 0.5) is 0 Å². The van der Waals surface area contributed by atoms with E-state index in [1.165, 1.54) is 18.2 Å². The fourth-order valence-electron chi connectivity index (χ4n) is 2.34. The van der Waals surface area contributed by atoms with E-state index < -0.39 is 5.43 Å². The zero-order chi connectivity index (χ0) is 14.3. The summed E-state index contributed by atoms with van der Waals surface area (Å²) in [4.78, 5) is 30.7. The van der Waals surface area contributed by atoms with Crippen LogP contribution in [0.3, 0.4) is 0 Å². The summed E-state index contributed by atoms with van der Waals surface area (Å²) < 4.78 is 0. The van der Waals surface area contributed by atoms with Gasteiger partial charge < -0.3 is 11.1 Å². The molecule has 0 radical (unpaired) electrons. The first-order valence-corrected chi connectivity index (χ1v) is 5.74. The largest absolute Gasteiger partial charge is 0.414 e. The van der Waals surface area contributed by atoms with Crippen molar-refractivity contribution in [1.82, 2.24) is 0 Å². The van der Waals surface area contributed by atoms with Crippen LogP contribution in [0.25, 0.3) is 21.8 Å². The van der Waals surface area contributed by atoms with Crippen LogP contribution in [0, 0.1) is 10.4 Å². The molecule has 0 aromatic heterocycles. The smallest absolute Gasteiger partial charge is 0.360 e. The summed E-state index contributed by atoms with van der Waals surface area (Å²) >= 11 is 0. The number of fused-ring (bicyclic) bond motifs is 1. The summed E-state index contributed by atoms with van der Waals surface area (Å²) in [6, 6.07) is 9.11. The van der Waals surface area contributed by atoms with Crippen LogP contribution in [0.5, 0.6) is 0 Å². The molecule has 0 N–H and O–H groups in total. The van der Waals surface area contributed by atoms with E-state index in [0.29, 0.717) is 5.39 Å². The van der Waals surface area contributed by atoms with Crippen LogP contribution in [-0.2, 0) is 0 Å². The van der Waals surface area contributed by atoms with Gasteiger partial charge in [-0.1, -0.05) is 24.3 Å². The summed E-state index contributed by atoms with van der Waals surface area (Å²) in [5.74, 6) is 0. The van der Waals surface area contributed by atoms with Gasteiger partial charge in [-0.3, -0.25) is 9.59 Å². The van der Waals surface area contributed by atoms with Crippen molar-refractivity contribution in [3.8, 4) is 0 Å². The number of nitrogens with zero attached hydrogens (tertiary/aromatic N) is 4. The van der Waals surface area contributed by atoms with Crippen LogP contribution in [0.15, 0.2) is 46.0 Å². The Balaban J connectivity index is 3.01. The molecule has 0 saturated carbocycles. The first kappa shape index (κ1) is 11.9. The lowest BCUT2D eigenvalue weighted by Gasteiger charge is -1.94. The third-order valence-electron chi connectivity index (χ3n) is 3.25. The summed E-state index contributed by atoms with van der Waals surface area (Å²) in [5, 5.41) is 0.345. The Kier molecular flexibility index (Phi) is 2.48. The summed E-state index contributed by atoms with van der Waals surface area (Å²) in [5.41, 5.74) is 17.1. The van der Waals surface area contributed by atoms with Gasteiger partial charge >= 0.3 is 10.7 Å². The van der Waals surface area contributed by atoms with Gasteiger partial charge in [-0.05, 0) is 6.07 Å². The number of benzene rings is 1. The standard InChI is InChI=1S/C14H6N4O2/c15-17-10-6-5-9-11(12(10)18-16)14(20)8-4-2-1-3-7(8)13(9)19/h1-6H. The Hall–Kier alpha value is -3.20. The minimum atomic E-state index is -0.437. The second-order valence-electron chi connectivity index (χ2n) is 4.26. The van der Waals surface area contributed by atoms with Crippen LogP contribution in [0.1, 0.15) is 0 Å². The van der Waals surface area contributed by atoms with E-state index in [1.807, 2.05) is 0 Å². The first-order chi connectivity index (χ1) is 9.69. The van der Waals surface area contributed by atoms with E-state index >= 15 is 0 Å². The molecule has 2 aliphatic rings. The highest BCUT2D eigenvalue weighted by molar-refractivity contribution is 5.82. The maximum absolute atomic E-state index is 12.5. The Bertz CT molecular complexity index is 1190. The average molecular weight is 262 g/mol. The molecule has 2 aliphatic carbocycles. The predicted molar refractivity (Wildman–Crippen MR) is 67.7 cm³/mol. The van der Waals surface area contributed by atoms with E-state index in [0.717, 1.165) is 0 Å². The lowest BCUT2D eigenvalue weighted by Crippen LogP contribution is -2.35. The molecule has 0 atom stereocenters. The monoisotopic (exact) mass is 262 g/mol. The quantitative estimate of drug-likeness (QED) is 0.399. The SMILES string of the molecule is [N-]=[N+]=c1ccc2c(=O)c3ccccc3c(=O)c=2c1=[N+]=[N-].